The Morgan fingerprint density at radius 2 is 1.11 bits per heavy atom. The van der Waals surface area contributed by atoms with E-state index in [4.69, 9.17) is 0 Å². The molecule has 2 aromatic carbocycles. The van der Waals surface area contributed by atoms with Crippen LogP contribution in [0.25, 0.3) is 0 Å². The molecular formula is C12H14Cl2F2NP. The molecule has 0 spiro atoms. The summed E-state index contributed by atoms with van der Waals surface area (Å²) in [5.74, 6) is 0. The maximum absolute atomic E-state index is 11.6. The van der Waals surface area contributed by atoms with Gasteiger partial charge in [0.2, 0.25) is 0 Å². The second kappa shape index (κ2) is 11.2. The standard InChI is InChI=1S/C6H5F2N.C6H7P.2ClH/c7-9(8)6-4-2-1-3-5-6;7-6-4-2-1-3-5-6;;/h1-5H;1-5H,7H2;2*1H. The van der Waals surface area contributed by atoms with Gasteiger partial charge < -0.3 is 0 Å². The fraction of sp³-hybridized carbons (Fsp3) is 0. The number of hydrogen-bond donors (Lipinski definition) is 0. The van der Waals surface area contributed by atoms with Gasteiger partial charge in [0.25, 0.3) is 0 Å². The molecule has 0 amide bonds. The Labute approximate surface area is 120 Å². The van der Waals surface area contributed by atoms with Gasteiger partial charge in [-0.2, -0.15) is 0 Å². The van der Waals surface area contributed by atoms with Crippen molar-refractivity contribution in [1.29, 1.82) is 0 Å². The third kappa shape index (κ3) is 8.24. The zero-order valence-electron chi connectivity index (χ0n) is 9.37. The first kappa shape index (κ1) is 19.4. The summed E-state index contributed by atoms with van der Waals surface area (Å²) < 4.78 is 23.2. The normalized spacial score (nSPS) is 7.94. The highest BCUT2D eigenvalue weighted by atomic mass is 35.5. The number of anilines is 1. The van der Waals surface area contributed by atoms with Crippen molar-refractivity contribution in [3.05, 3.63) is 60.7 Å². The van der Waals surface area contributed by atoms with E-state index in [1.807, 2.05) is 30.3 Å². The van der Waals surface area contributed by atoms with E-state index in [0.717, 1.165) is 0 Å². The largest absolute Gasteiger partial charge is 0.147 e. The molecule has 0 aliphatic rings. The summed E-state index contributed by atoms with van der Waals surface area (Å²) in [6.07, 6.45) is 0. The summed E-state index contributed by atoms with van der Waals surface area (Å²) in [5.41, 5.74) is -0.0856. The lowest BCUT2D eigenvalue weighted by Gasteiger charge is -1.97. The minimum Gasteiger partial charge on any atom is -0.147 e. The molecule has 0 radical (unpaired) electrons. The predicted molar refractivity (Wildman–Crippen MR) is 81.4 cm³/mol. The lowest BCUT2D eigenvalue weighted by molar-refractivity contribution is 0.235. The van der Waals surface area contributed by atoms with Crippen LogP contribution in [-0.2, 0) is 0 Å². The summed E-state index contributed by atoms with van der Waals surface area (Å²) in [5, 5.41) is 0.322. The van der Waals surface area contributed by atoms with Crippen LogP contribution < -0.4 is 10.6 Å². The second-order valence-corrected chi connectivity index (χ2v) is 3.65. The molecule has 0 aliphatic heterocycles. The first-order chi connectivity index (χ1) is 7.70. The van der Waals surface area contributed by atoms with Crippen LogP contribution >= 0.6 is 34.1 Å². The number of para-hydroxylation sites is 1. The van der Waals surface area contributed by atoms with Crippen molar-refractivity contribution in [2.24, 2.45) is 0 Å². The summed E-state index contributed by atoms with van der Waals surface area (Å²) in [6, 6.07) is 17.6. The molecule has 2 rings (SSSR count). The Bertz CT molecular complexity index is 401. The molecule has 100 valence electrons. The van der Waals surface area contributed by atoms with E-state index in [1.165, 1.54) is 17.4 Å². The van der Waals surface area contributed by atoms with E-state index in [1.54, 1.807) is 18.2 Å². The zero-order valence-corrected chi connectivity index (χ0v) is 12.2. The van der Waals surface area contributed by atoms with Gasteiger partial charge in [0.15, 0.2) is 0 Å². The molecule has 0 aromatic heterocycles. The van der Waals surface area contributed by atoms with E-state index < -0.39 is 5.34 Å². The zero-order chi connectivity index (χ0) is 11.8. The molecule has 18 heavy (non-hydrogen) atoms. The molecular weight excluding hydrogens is 298 g/mol. The molecule has 0 aliphatic carbocycles. The Kier molecular flexibility index (Phi) is 12.1. The number of benzene rings is 2. The number of halogens is 4. The monoisotopic (exact) mass is 311 g/mol. The van der Waals surface area contributed by atoms with Crippen LogP contribution in [0, 0.1) is 0 Å². The van der Waals surface area contributed by atoms with Crippen molar-refractivity contribution in [2.75, 3.05) is 5.34 Å². The van der Waals surface area contributed by atoms with Crippen molar-refractivity contribution >= 4 is 45.0 Å². The molecule has 1 atom stereocenters. The summed E-state index contributed by atoms with van der Waals surface area (Å²) in [7, 11) is 2.63. The Morgan fingerprint density at radius 3 is 1.33 bits per heavy atom. The van der Waals surface area contributed by atoms with Crippen LogP contribution in [0.15, 0.2) is 60.7 Å². The molecule has 0 heterocycles. The van der Waals surface area contributed by atoms with E-state index >= 15 is 0 Å². The van der Waals surface area contributed by atoms with Crippen molar-refractivity contribution in [2.45, 2.75) is 0 Å². The SMILES string of the molecule is Cl.Cl.FN(F)c1ccccc1.Pc1ccccc1. The molecule has 1 unspecified atom stereocenters. The van der Waals surface area contributed by atoms with E-state index in [-0.39, 0.29) is 30.5 Å². The van der Waals surface area contributed by atoms with Gasteiger partial charge in [-0.3, -0.25) is 0 Å². The molecule has 6 heteroatoms. The van der Waals surface area contributed by atoms with Crippen LogP contribution in [0.1, 0.15) is 0 Å². The summed E-state index contributed by atoms with van der Waals surface area (Å²) in [4.78, 5) is 0. The van der Waals surface area contributed by atoms with Gasteiger partial charge in [-0.15, -0.1) is 34.1 Å². The molecule has 0 bridgehead atoms. The van der Waals surface area contributed by atoms with Gasteiger partial charge >= 0.3 is 0 Å². The van der Waals surface area contributed by atoms with Gasteiger partial charge in [0.1, 0.15) is 5.69 Å². The van der Waals surface area contributed by atoms with Crippen molar-refractivity contribution in [3.63, 3.8) is 0 Å². The van der Waals surface area contributed by atoms with Gasteiger partial charge in [-0.25, -0.2) is 0 Å². The molecule has 0 fully saturated rings. The Morgan fingerprint density at radius 1 is 0.722 bits per heavy atom. The number of hydrogen-bond acceptors (Lipinski definition) is 1. The molecule has 0 N–H and O–H groups in total. The summed E-state index contributed by atoms with van der Waals surface area (Å²) >= 11 is 0. The van der Waals surface area contributed by atoms with Crippen LogP contribution in [-0.4, -0.2) is 0 Å². The lowest BCUT2D eigenvalue weighted by atomic mass is 10.3. The Hall–Kier alpha value is -0.890. The van der Waals surface area contributed by atoms with Crippen LogP contribution in [0.2, 0.25) is 0 Å². The van der Waals surface area contributed by atoms with Crippen molar-refractivity contribution in [3.8, 4) is 0 Å². The van der Waals surface area contributed by atoms with Crippen LogP contribution in [0.3, 0.4) is 0 Å². The fourth-order valence-electron chi connectivity index (χ4n) is 0.994. The fourth-order valence-corrected chi connectivity index (χ4v) is 1.22. The lowest BCUT2D eigenvalue weighted by Crippen LogP contribution is -1.93. The number of rotatable bonds is 1. The summed E-state index contributed by atoms with van der Waals surface area (Å²) in [6.45, 7) is 0. The van der Waals surface area contributed by atoms with Gasteiger partial charge in [0.05, 0.1) is 0 Å². The average Bonchev–Trinajstić information content (AvgIpc) is 2.32. The first-order valence-electron chi connectivity index (χ1n) is 4.67. The van der Waals surface area contributed by atoms with Gasteiger partial charge in [-0.1, -0.05) is 57.5 Å². The number of nitrogens with zero attached hydrogens (tertiary/aromatic N) is 1. The van der Waals surface area contributed by atoms with E-state index in [0.29, 0.717) is 0 Å². The highest BCUT2D eigenvalue weighted by Gasteiger charge is 1.97. The highest BCUT2D eigenvalue weighted by Crippen LogP contribution is 2.12. The third-order valence-electron chi connectivity index (χ3n) is 1.75. The van der Waals surface area contributed by atoms with Crippen molar-refractivity contribution in [1.82, 2.24) is 0 Å². The molecule has 1 nitrogen and oxygen atoms in total. The third-order valence-corrected chi connectivity index (χ3v) is 2.14. The quantitative estimate of drug-likeness (QED) is 0.561. The van der Waals surface area contributed by atoms with E-state index in [9.17, 15) is 8.96 Å². The second-order valence-electron chi connectivity index (χ2n) is 2.98. The van der Waals surface area contributed by atoms with Crippen molar-refractivity contribution < 1.29 is 8.96 Å². The molecule has 2 aromatic rings. The predicted octanol–water partition coefficient (Wildman–Crippen LogP) is 4.29. The topological polar surface area (TPSA) is 3.24 Å². The maximum atomic E-state index is 11.6. The average molecular weight is 312 g/mol. The Balaban J connectivity index is 0. The van der Waals surface area contributed by atoms with Gasteiger partial charge in [0, 0.05) is 0 Å². The van der Waals surface area contributed by atoms with Crippen LogP contribution in [0.5, 0.6) is 0 Å². The minimum absolute atomic E-state index is 0. The minimum atomic E-state index is -0.917. The van der Waals surface area contributed by atoms with Crippen LogP contribution in [0.4, 0.5) is 14.6 Å². The molecule has 0 saturated heterocycles. The first-order valence-corrected chi connectivity index (χ1v) is 5.25. The van der Waals surface area contributed by atoms with E-state index in [2.05, 4.69) is 9.24 Å². The maximum Gasteiger partial charge on any atom is 0.105 e. The van der Waals surface area contributed by atoms with Gasteiger partial charge in [-0.05, 0) is 22.8 Å². The highest BCUT2D eigenvalue weighted by molar-refractivity contribution is 7.27. The molecule has 0 saturated carbocycles. The smallest absolute Gasteiger partial charge is 0.105 e.